The maximum Gasteiger partial charge on any atom is 0.421 e. The number of carbonyl (C=O) groups is 1. The number of carbonyl (C=O) groups excluding carboxylic acids is 1. The van der Waals surface area contributed by atoms with Gasteiger partial charge in [0.2, 0.25) is 0 Å². The molecule has 0 aliphatic rings. The summed E-state index contributed by atoms with van der Waals surface area (Å²) in [6.45, 7) is -0.408. The molecule has 0 unspecified atom stereocenters. The number of amidine groups is 1. The number of nitrogens with zero attached hydrogens (tertiary/aromatic N) is 1. The van der Waals surface area contributed by atoms with Crippen molar-refractivity contribution in [1.29, 1.82) is 0 Å². The Morgan fingerprint density at radius 2 is 2.19 bits per heavy atom. The van der Waals surface area contributed by atoms with E-state index < -0.39 is 28.7 Å². The molecule has 0 radical (unpaired) electrons. The first kappa shape index (κ1) is 16.7. The van der Waals surface area contributed by atoms with Crippen LogP contribution in [-0.4, -0.2) is 32.7 Å². The van der Waals surface area contributed by atoms with Crippen molar-refractivity contribution in [2.45, 2.75) is 6.54 Å². The van der Waals surface area contributed by atoms with Gasteiger partial charge in [-0.1, -0.05) is 17.3 Å². The third kappa shape index (κ3) is 4.89. The second kappa shape index (κ2) is 6.85. The van der Waals surface area contributed by atoms with Gasteiger partial charge in [-0.15, -0.1) is 0 Å². The van der Waals surface area contributed by atoms with Gasteiger partial charge in [0, 0.05) is 17.7 Å². The number of halogens is 1. The van der Waals surface area contributed by atoms with Crippen molar-refractivity contribution in [3.8, 4) is 0 Å². The highest BCUT2D eigenvalue weighted by Crippen LogP contribution is 2.10. The molecule has 0 spiro atoms. The molecule has 1 amide bonds. The Balaban J connectivity index is 2.79. The van der Waals surface area contributed by atoms with E-state index >= 15 is 0 Å². The fourth-order valence-electron chi connectivity index (χ4n) is 1.27. The second-order valence-electron chi connectivity index (χ2n) is 3.71. The van der Waals surface area contributed by atoms with Gasteiger partial charge >= 0.3 is 16.3 Å². The molecule has 11 heteroatoms. The second-order valence-corrected chi connectivity index (χ2v) is 5.21. The Labute approximate surface area is 119 Å². The van der Waals surface area contributed by atoms with Gasteiger partial charge in [-0.2, -0.15) is 13.1 Å². The normalized spacial score (nSPS) is 12.0. The average Bonchev–Trinajstić information content (AvgIpc) is 2.44. The Bertz CT molecular complexity index is 661. The topological polar surface area (TPSA) is 143 Å². The fraction of sp³-hybridized carbons (Fsp3) is 0.200. The first-order valence-corrected chi connectivity index (χ1v) is 6.89. The van der Waals surface area contributed by atoms with E-state index in [1.165, 1.54) is 16.9 Å². The Morgan fingerprint density at radius 3 is 2.71 bits per heavy atom. The van der Waals surface area contributed by atoms with Gasteiger partial charge in [-0.3, -0.25) is 0 Å². The Morgan fingerprint density at radius 1 is 1.52 bits per heavy atom. The van der Waals surface area contributed by atoms with Crippen LogP contribution in [0.2, 0.25) is 0 Å². The van der Waals surface area contributed by atoms with Crippen molar-refractivity contribution in [3.05, 3.63) is 35.1 Å². The molecule has 0 heterocycles. The number of amides is 1. The molecule has 0 aromatic heterocycles. The van der Waals surface area contributed by atoms with Crippen LogP contribution in [-0.2, 0) is 21.5 Å². The number of hydrogen-bond donors (Lipinski definition) is 4. The van der Waals surface area contributed by atoms with Gasteiger partial charge in [0.1, 0.15) is 5.82 Å². The summed E-state index contributed by atoms with van der Waals surface area (Å²) in [5.74, 6) is -1.05. The van der Waals surface area contributed by atoms with Crippen LogP contribution in [0.4, 0.5) is 9.18 Å². The van der Waals surface area contributed by atoms with Crippen molar-refractivity contribution in [3.63, 3.8) is 0 Å². The number of hydrogen-bond acceptors (Lipinski definition) is 6. The van der Waals surface area contributed by atoms with Crippen molar-refractivity contribution >= 4 is 22.1 Å². The summed E-state index contributed by atoms with van der Waals surface area (Å²) in [5.41, 5.74) is 5.42. The highest BCUT2D eigenvalue weighted by molar-refractivity contribution is 7.88. The van der Waals surface area contributed by atoms with Gasteiger partial charge in [0.15, 0.2) is 5.84 Å². The molecule has 0 saturated heterocycles. The zero-order valence-corrected chi connectivity index (χ0v) is 11.6. The molecule has 1 aromatic rings. The molecule has 1 rings (SSSR count). The van der Waals surface area contributed by atoms with E-state index in [1.807, 2.05) is 4.72 Å². The Hall–Kier alpha value is -2.40. The summed E-state index contributed by atoms with van der Waals surface area (Å²) < 4.78 is 44.1. The summed E-state index contributed by atoms with van der Waals surface area (Å²) in [4.78, 5) is 10.8. The predicted octanol–water partition coefficient (Wildman–Crippen LogP) is -0.389. The minimum atomic E-state index is -4.17. The van der Waals surface area contributed by atoms with Gasteiger partial charge in [0.25, 0.3) is 0 Å². The number of rotatable bonds is 5. The molecule has 9 nitrogen and oxygen atoms in total. The van der Waals surface area contributed by atoms with E-state index in [4.69, 9.17) is 10.9 Å². The van der Waals surface area contributed by atoms with Crippen LogP contribution >= 0.6 is 0 Å². The predicted molar refractivity (Wildman–Crippen MR) is 70.2 cm³/mol. The summed E-state index contributed by atoms with van der Waals surface area (Å²) in [6.07, 6.45) is -1.18. The standard InChI is InChI=1S/C10H13FN4O5S/c1-20-10(16)15-21(18,19)13-5-7-3-2-6(4-8(7)11)9(12)14-17/h2-4,13,17H,5H2,1H3,(H2,12,14)(H,15,16). The monoisotopic (exact) mass is 320 g/mol. The first-order valence-electron chi connectivity index (χ1n) is 5.40. The SMILES string of the molecule is COC(=O)NS(=O)(=O)NCc1ccc(/C(N)=N/O)cc1F. The quantitative estimate of drug-likeness (QED) is 0.252. The van der Waals surface area contributed by atoms with Crippen LogP contribution < -0.4 is 15.2 Å². The summed E-state index contributed by atoms with van der Waals surface area (Å²) >= 11 is 0. The number of oxime groups is 1. The molecular weight excluding hydrogens is 307 g/mol. The molecule has 21 heavy (non-hydrogen) atoms. The molecule has 1 aromatic carbocycles. The molecular formula is C10H13FN4O5S. The summed E-state index contributed by atoms with van der Waals surface area (Å²) in [5, 5.41) is 11.2. The number of ether oxygens (including phenoxy) is 1. The number of nitrogens with two attached hydrogens (primary N) is 1. The molecule has 0 fully saturated rings. The molecule has 116 valence electrons. The van der Waals surface area contributed by atoms with Crippen LogP contribution in [0.25, 0.3) is 0 Å². The van der Waals surface area contributed by atoms with Crippen LogP contribution in [0.3, 0.4) is 0 Å². The summed E-state index contributed by atoms with van der Waals surface area (Å²) in [6, 6.07) is 3.57. The smallest absolute Gasteiger partial charge is 0.421 e. The lowest BCUT2D eigenvalue weighted by Gasteiger charge is -2.09. The Kier molecular flexibility index (Phi) is 5.44. The number of benzene rings is 1. The fourth-order valence-corrected chi connectivity index (χ4v) is 1.99. The molecule has 0 atom stereocenters. The van der Waals surface area contributed by atoms with Gasteiger partial charge in [-0.25, -0.2) is 13.9 Å². The van der Waals surface area contributed by atoms with Crippen LogP contribution in [0.5, 0.6) is 0 Å². The highest BCUT2D eigenvalue weighted by Gasteiger charge is 2.15. The number of methoxy groups -OCH3 is 1. The van der Waals surface area contributed by atoms with E-state index in [0.29, 0.717) is 0 Å². The lowest BCUT2D eigenvalue weighted by Crippen LogP contribution is -2.39. The van der Waals surface area contributed by atoms with Crippen LogP contribution in [0.15, 0.2) is 23.4 Å². The number of nitrogens with one attached hydrogen (secondary N) is 2. The van der Waals surface area contributed by atoms with Gasteiger partial charge in [0.05, 0.1) is 7.11 Å². The average molecular weight is 320 g/mol. The van der Waals surface area contributed by atoms with Gasteiger partial charge < -0.3 is 15.7 Å². The third-order valence-corrected chi connectivity index (χ3v) is 3.27. The maximum absolute atomic E-state index is 13.7. The molecule has 0 saturated carbocycles. The summed E-state index contributed by atoms with van der Waals surface area (Å²) in [7, 11) is -3.17. The van der Waals surface area contributed by atoms with Crippen LogP contribution in [0, 0.1) is 5.82 Å². The van der Waals surface area contributed by atoms with Crippen molar-refractivity contribution < 1.29 is 27.5 Å². The largest absolute Gasteiger partial charge is 0.452 e. The zero-order chi connectivity index (χ0) is 16.0. The van der Waals surface area contributed by atoms with Crippen molar-refractivity contribution in [1.82, 2.24) is 9.44 Å². The molecule has 0 aliphatic carbocycles. The highest BCUT2D eigenvalue weighted by atomic mass is 32.2. The van der Waals surface area contributed by atoms with E-state index in [0.717, 1.165) is 13.2 Å². The van der Waals surface area contributed by atoms with Gasteiger partial charge in [-0.05, 0) is 6.07 Å². The third-order valence-electron chi connectivity index (χ3n) is 2.31. The maximum atomic E-state index is 13.7. The first-order chi connectivity index (χ1) is 9.79. The zero-order valence-electron chi connectivity index (χ0n) is 10.8. The molecule has 5 N–H and O–H groups in total. The van der Waals surface area contributed by atoms with E-state index in [-0.39, 0.29) is 17.0 Å². The molecule has 0 bridgehead atoms. The minimum Gasteiger partial charge on any atom is -0.452 e. The van der Waals surface area contributed by atoms with E-state index in [9.17, 15) is 17.6 Å². The minimum absolute atomic E-state index is 0.000249. The van der Waals surface area contributed by atoms with E-state index in [2.05, 4.69) is 9.89 Å². The van der Waals surface area contributed by atoms with E-state index in [1.54, 1.807) is 0 Å². The lowest BCUT2D eigenvalue weighted by atomic mass is 10.1. The van der Waals surface area contributed by atoms with Crippen molar-refractivity contribution in [2.75, 3.05) is 7.11 Å². The van der Waals surface area contributed by atoms with Crippen molar-refractivity contribution in [2.24, 2.45) is 10.9 Å². The lowest BCUT2D eigenvalue weighted by molar-refractivity contribution is 0.177. The molecule has 0 aliphatic heterocycles. The van der Waals surface area contributed by atoms with Crippen LogP contribution in [0.1, 0.15) is 11.1 Å².